The molecule has 0 saturated heterocycles. The highest BCUT2D eigenvalue weighted by molar-refractivity contribution is 8.00. The number of nitrogens with zero attached hydrogens (tertiary/aromatic N) is 1. The molecule has 16 heavy (non-hydrogen) atoms. The lowest BCUT2D eigenvalue weighted by Crippen LogP contribution is -1.95. The number of aliphatic imine (C=N–C) groups is 1. The van der Waals surface area contributed by atoms with Crippen LogP contribution < -0.4 is 0 Å². The standard InChI is InChI=1S/C14H19NS/c1-11(15-2)12-7-9-14(10-8-12)16-13-5-3-4-6-13/h7-10,13H,3-6H2,1-2H3. The summed E-state index contributed by atoms with van der Waals surface area (Å²) in [5, 5.41) is 0.854. The first-order valence-electron chi connectivity index (χ1n) is 6.00. The number of hydrogen-bond acceptors (Lipinski definition) is 2. The van der Waals surface area contributed by atoms with E-state index in [0.29, 0.717) is 0 Å². The molecule has 1 aliphatic rings. The topological polar surface area (TPSA) is 12.4 Å². The van der Waals surface area contributed by atoms with Crippen LogP contribution in [0.1, 0.15) is 38.2 Å². The molecule has 0 spiro atoms. The predicted molar refractivity (Wildman–Crippen MR) is 72.7 cm³/mol. The summed E-state index contributed by atoms with van der Waals surface area (Å²) >= 11 is 2.04. The Bertz CT molecular complexity index is 361. The van der Waals surface area contributed by atoms with Crippen LogP contribution in [0.15, 0.2) is 34.2 Å². The van der Waals surface area contributed by atoms with Gasteiger partial charge in [0, 0.05) is 22.9 Å². The first kappa shape index (κ1) is 11.7. The molecule has 0 bridgehead atoms. The van der Waals surface area contributed by atoms with Gasteiger partial charge in [0.25, 0.3) is 0 Å². The first-order chi connectivity index (χ1) is 7.79. The Hall–Kier alpha value is -0.760. The lowest BCUT2D eigenvalue weighted by molar-refractivity contribution is 0.886. The van der Waals surface area contributed by atoms with Gasteiger partial charge in [-0.15, -0.1) is 11.8 Å². The fraction of sp³-hybridized carbons (Fsp3) is 0.500. The minimum Gasteiger partial charge on any atom is -0.293 e. The Labute approximate surface area is 102 Å². The molecule has 0 radical (unpaired) electrons. The summed E-state index contributed by atoms with van der Waals surface area (Å²) in [6, 6.07) is 8.82. The van der Waals surface area contributed by atoms with Gasteiger partial charge in [0.05, 0.1) is 0 Å². The third kappa shape index (κ3) is 2.88. The van der Waals surface area contributed by atoms with E-state index in [0.717, 1.165) is 11.0 Å². The highest BCUT2D eigenvalue weighted by atomic mass is 32.2. The number of benzene rings is 1. The summed E-state index contributed by atoms with van der Waals surface area (Å²) < 4.78 is 0. The van der Waals surface area contributed by atoms with E-state index in [1.165, 1.54) is 36.1 Å². The smallest absolute Gasteiger partial charge is 0.0386 e. The molecule has 0 heterocycles. The van der Waals surface area contributed by atoms with E-state index in [1.54, 1.807) is 0 Å². The summed E-state index contributed by atoms with van der Waals surface area (Å²) in [6.07, 6.45) is 5.61. The fourth-order valence-electron chi connectivity index (χ4n) is 2.10. The summed E-state index contributed by atoms with van der Waals surface area (Å²) in [5.74, 6) is 0. The Morgan fingerprint density at radius 3 is 2.38 bits per heavy atom. The number of thioether (sulfide) groups is 1. The van der Waals surface area contributed by atoms with Gasteiger partial charge in [-0.3, -0.25) is 4.99 Å². The molecule has 1 nitrogen and oxygen atoms in total. The van der Waals surface area contributed by atoms with Crippen molar-refractivity contribution in [3.05, 3.63) is 29.8 Å². The van der Waals surface area contributed by atoms with Crippen LogP contribution >= 0.6 is 11.8 Å². The van der Waals surface area contributed by atoms with Crippen molar-refractivity contribution < 1.29 is 0 Å². The molecule has 0 aromatic heterocycles. The zero-order chi connectivity index (χ0) is 11.4. The molecule has 1 saturated carbocycles. The summed E-state index contributed by atoms with van der Waals surface area (Å²) in [5.41, 5.74) is 2.34. The van der Waals surface area contributed by atoms with Gasteiger partial charge in [-0.25, -0.2) is 0 Å². The zero-order valence-electron chi connectivity index (χ0n) is 10.1. The molecule has 86 valence electrons. The molecular weight excluding hydrogens is 214 g/mol. The molecule has 0 N–H and O–H groups in total. The van der Waals surface area contributed by atoms with Crippen molar-refractivity contribution in [1.29, 1.82) is 0 Å². The van der Waals surface area contributed by atoms with E-state index in [-0.39, 0.29) is 0 Å². The van der Waals surface area contributed by atoms with Crippen LogP contribution in [0.25, 0.3) is 0 Å². The third-order valence-corrected chi connectivity index (χ3v) is 4.56. The molecule has 2 heteroatoms. The van der Waals surface area contributed by atoms with Crippen molar-refractivity contribution in [2.45, 2.75) is 42.8 Å². The minimum absolute atomic E-state index is 0.854. The van der Waals surface area contributed by atoms with E-state index in [4.69, 9.17) is 0 Å². The van der Waals surface area contributed by atoms with Crippen molar-refractivity contribution in [1.82, 2.24) is 0 Å². The molecule has 1 aromatic carbocycles. The van der Waals surface area contributed by atoms with Gasteiger partial charge in [-0.2, -0.15) is 0 Å². The van der Waals surface area contributed by atoms with Gasteiger partial charge in [-0.1, -0.05) is 25.0 Å². The van der Waals surface area contributed by atoms with E-state index in [1.807, 2.05) is 18.8 Å². The van der Waals surface area contributed by atoms with Gasteiger partial charge < -0.3 is 0 Å². The van der Waals surface area contributed by atoms with Crippen molar-refractivity contribution in [2.24, 2.45) is 4.99 Å². The average molecular weight is 233 g/mol. The van der Waals surface area contributed by atoms with Gasteiger partial charge in [0.15, 0.2) is 0 Å². The van der Waals surface area contributed by atoms with E-state index in [2.05, 4.69) is 36.2 Å². The van der Waals surface area contributed by atoms with Crippen molar-refractivity contribution in [3.8, 4) is 0 Å². The largest absolute Gasteiger partial charge is 0.293 e. The average Bonchev–Trinajstić information content (AvgIpc) is 2.82. The molecule has 0 amide bonds. The molecule has 1 fully saturated rings. The highest BCUT2D eigenvalue weighted by Gasteiger charge is 2.15. The van der Waals surface area contributed by atoms with E-state index in [9.17, 15) is 0 Å². The normalized spacial score (nSPS) is 18.0. The van der Waals surface area contributed by atoms with Gasteiger partial charge in [0.2, 0.25) is 0 Å². The maximum atomic E-state index is 4.20. The monoisotopic (exact) mass is 233 g/mol. The molecule has 1 aliphatic carbocycles. The Morgan fingerprint density at radius 2 is 1.81 bits per heavy atom. The lowest BCUT2D eigenvalue weighted by atomic mass is 10.1. The molecule has 0 unspecified atom stereocenters. The van der Waals surface area contributed by atoms with E-state index >= 15 is 0 Å². The molecule has 0 atom stereocenters. The molecular formula is C14H19NS. The Balaban J connectivity index is 2.01. The number of hydrogen-bond donors (Lipinski definition) is 0. The van der Waals surface area contributed by atoms with Crippen LogP contribution in [0.5, 0.6) is 0 Å². The van der Waals surface area contributed by atoms with Crippen molar-refractivity contribution in [2.75, 3.05) is 7.05 Å². The molecule has 1 aromatic rings. The Morgan fingerprint density at radius 1 is 1.19 bits per heavy atom. The zero-order valence-corrected chi connectivity index (χ0v) is 10.9. The summed E-state index contributed by atoms with van der Waals surface area (Å²) in [7, 11) is 1.84. The molecule has 0 aliphatic heterocycles. The van der Waals surface area contributed by atoms with Gasteiger partial charge in [-0.05, 0) is 37.5 Å². The predicted octanol–water partition coefficient (Wildman–Crippen LogP) is 4.16. The SMILES string of the molecule is CN=C(C)c1ccc(SC2CCCC2)cc1. The third-order valence-electron chi connectivity index (χ3n) is 3.21. The summed E-state index contributed by atoms with van der Waals surface area (Å²) in [6.45, 7) is 2.05. The maximum absolute atomic E-state index is 4.20. The van der Waals surface area contributed by atoms with Gasteiger partial charge >= 0.3 is 0 Å². The summed E-state index contributed by atoms with van der Waals surface area (Å²) in [4.78, 5) is 5.60. The van der Waals surface area contributed by atoms with Gasteiger partial charge in [0.1, 0.15) is 0 Å². The van der Waals surface area contributed by atoms with Crippen molar-refractivity contribution >= 4 is 17.5 Å². The van der Waals surface area contributed by atoms with Crippen LogP contribution in [0, 0.1) is 0 Å². The quantitative estimate of drug-likeness (QED) is 0.714. The van der Waals surface area contributed by atoms with Crippen LogP contribution in [0.4, 0.5) is 0 Å². The minimum atomic E-state index is 0.854. The number of rotatable bonds is 3. The molecule has 2 rings (SSSR count). The van der Waals surface area contributed by atoms with Crippen LogP contribution in [0.3, 0.4) is 0 Å². The van der Waals surface area contributed by atoms with Crippen LogP contribution in [-0.2, 0) is 0 Å². The fourth-order valence-corrected chi connectivity index (χ4v) is 3.35. The second-order valence-electron chi connectivity index (χ2n) is 4.36. The van der Waals surface area contributed by atoms with Crippen LogP contribution in [0.2, 0.25) is 0 Å². The maximum Gasteiger partial charge on any atom is 0.0386 e. The van der Waals surface area contributed by atoms with Crippen LogP contribution in [-0.4, -0.2) is 18.0 Å². The highest BCUT2D eigenvalue weighted by Crippen LogP contribution is 2.34. The lowest BCUT2D eigenvalue weighted by Gasteiger charge is -2.09. The van der Waals surface area contributed by atoms with Crippen molar-refractivity contribution in [3.63, 3.8) is 0 Å². The van der Waals surface area contributed by atoms with E-state index < -0.39 is 0 Å². The Kier molecular flexibility index (Phi) is 4.05. The second kappa shape index (κ2) is 5.53. The first-order valence-corrected chi connectivity index (χ1v) is 6.88. The second-order valence-corrected chi connectivity index (χ2v) is 5.73.